The van der Waals surface area contributed by atoms with Crippen LogP contribution in [0.2, 0.25) is 0 Å². The molecule has 1 N–H and O–H groups in total. The Morgan fingerprint density at radius 2 is 2.47 bits per heavy atom. The number of hydrogen-bond donors (Lipinski definition) is 1. The van der Waals surface area contributed by atoms with Crippen molar-refractivity contribution in [3.05, 3.63) is 17.5 Å². The molecule has 2 rings (SSSR count). The third-order valence-corrected chi connectivity index (χ3v) is 2.80. The molecule has 0 radical (unpaired) electrons. The van der Waals surface area contributed by atoms with Crippen molar-refractivity contribution in [2.24, 2.45) is 13.0 Å². The molecule has 0 aliphatic heterocycles. The number of hydrogen-bond acceptors (Lipinski definition) is 3. The summed E-state index contributed by atoms with van der Waals surface area (Å²) in [4.78, 5) is 0. The van der Waals surface area contributed by atoms with Crippen LogP contribution in [0.25, 0.3) is 0 Å². The van der Waals surface area contributed by atoms with Crippen molar-refractivity contribution < 1.29 is 0 Å². The molecular weight excluding hydrogens is 188 g/mol. The predicted octanol–water partition coefficient (Wildman–Crippen LogP) is 1.29. The molecular formula is C11H16N4. The quantitative estimate of drug-likeness (QED) is 0.804. The summed E-state index contributed by atoms with van der Waals surface area (Å²) in [5.74, 6) is 0.790. The van der Waals surface area contributed by atoms with Crippen LogP contribution in [0.1, 0.15) is 30.1 Å². The molecule has 80 valence electrons. The molecule has 1 fully saturated rings. The van der Waals surface area contributed by atoms with Crippen LogP contribution in [0.3, 0.4) is 0 Å². The van der Waals surface area contributed by atoms with E-state index in [2.05, 4.69) is 16.5 Å². The standard InChI is InChI=1S/C11H16N4/c1-8-10(7-15(2)14-8)11(5-12)13-6-9-3-4-9/h7,9,11,13H,3-4,6H2,1-2H3. The Labute approximate surface area is 89.9 Å². The maximum absolute atomic E-state index is 9.10. The zero-order valence-corrected chi connectivity index (χ0v) is 9.20. The van der Waals surface area contributed by atoms with Crippen molar-refractivity contribution in [2.45, 2.75) is 25.8 Å². The van der Waals surface area contributed by atoms with Gasteiger partial charge in [-0.1, -0.05) is 0 Å². The summed E-state index contributed by atoms with van der Waals surface area (Å²) < 4.78 is 1.76. The molecule has 0 spiro atoms. The van der Waals surface area contributed by atoms with E-state index in [1.807, 2.05) is 20.2 Å². The third-order valence-electron chi connectivity index (χ3n) is 2.80. The van der Waals surface area contributed by atoms with Crippen molar-refractivity contribution in [3.63, 3.8) is 0 Å². The van der Waals surface area contributed by atoms with E-state index in [0.29, 0.717) is 0 Å². The van der Waals surface area contributed by atoms with Crippen LogP contribution in [-0.2, 0) is 7.05 Å². The summed E-state index contributed by atoms with van der Waals surface area (Å²) in [6.45, 7) is 2.89. The van der Waals surface area contributed by atoms with E-state index < -0.39 is 0 Å². The molecule has 4 heteroatoms. The van der Waals surface area contributed by atoms with Crippen molar-refractivity contribution in [1.82, 2.24) is 15.1 Å². The number of nitriles is 1. The Bertz CT molecular complexity index is 384. The predicted molar refractivity (Wildman–Crippen MR) is 57.0 cm³/mol. The van der Waals surface area contributed by atoms with Crippen LogP contribution in [-0.4, -0.2) is 16.3 Å². The lowest BCUT2D eigenvalue weighted by Crippen LogP contribution is -2.22. The van der Waals surface area contributed by atoms with Gasteiger partial charge in [-0.15, -0.1) is 0 Å². The highest BCUT2D eigenvalue weighted by Gasteiger charge is 2.23. The molecule has 15 heavy (non-hydrogen) atoms. The van der Waals surface area contributed by atoms with Gasteiger partial charge in [-0.2, -0.15) is 10.4 Å². The number of nitrogens with one attached hydrogen (secondary N) is 1. The van der Waals surface area contributed by atoms with Crippen LogP contribution in [0.15, 0.2) is 6.20 Å². The van der Waals surface area contributed by atoms with Crippen molar-refractivity contribution in [2.75, 3.05) is 6.54 Å². The molecule has 0 aromatic carbocycles. The minimum atomic E-state index is -0.209. The lowest BCUT2D eigenvalue weighted by molar-refractivity contribution is 0.591. The lowest BCUT2D eigenvalue weighted by atomic mass is 10.1. The Morgan fingerprint density at radius 1 is 1.73 bits per heavy atom. The molecule has 1 heterocycles. The third kappa shape index (κ3) is 2.37. The average molecular weight is 204 g/mol. The van der Waals surface area contributed by atoms with Gasteiger partial charge in [-0.25, -0.2) is 0 Å². The first-order valence-corrected chi connectivity index (χ1v) is 5.34. The fourth-order valence-corrected chi connectivity index (χ4v) is 1.73. The molecule has 1 aromatic heterocycles. The van der Waals surface area contributed by atoms with Crippen molar-refractivity contribution in [3.8, 4) is 6.07 Å². The number of rotatable bonds is 4. The van der Waals surface area contributed by atoms with Gasteiger partial charge in [0.05, 0.1) is 11.8 Å². The summed E-state index contributed by atoms with van der Waals surface area (Å²) in [6.07, 6.45) is 4.53. The number of aryl methyl sites for hydroxylation is 2. The highest BCUT2D eigenvalue weighted by atomic mass is 15.3. The van der Waals surface area contributed by atoms with Gasteiger partial charge in [-0.3, -0.25) is 10.00 Å². The van der Waals surface area contributed by atoms with Gasteiger partial charge in [0.15, 0.2) is 0 Å². The Hall–Kier alpha value is -1.34. The van der Waals surface area contributed by atoms with Gasteiger partial charge in [0.25, 0.3) is 0 Å². The molecule has 1 aliphatic carbocycles. The Morgan fingerprint density at radius 3 is 2.93 bits per heavy atom. The largest absolute Gasteiger partial charge is 0.298 e. The summed E-state index contributed by atoms with van der Waals surface area (Å²) in [7, 11) is 1.88. The zero-order valence-electron chi connectivity index (χ0n) is 9.20. The Kier molecular flexibility index (Phi) is 2.74. The van der Waals surface area contributed by atoms with E-state index in [1.54, 1.807) is 4.68 Å². The second-order valence-electron chi connectivity index (χ2n) is 4.26. The second-order valence-corrected chi connectivity index (χ2v) is 4.26. The zero-order chi connectivity index (χ0) is 10.8. The minimum Gasteiger partial charge on any atom is -0.298 e. The smallest absolute Gasteiger partial charge is 0.124 e. The topological polar surface area (TPSA) is 53.6 Å². The minimum absolute atomic E-state index is 0.209. The van der Waals surface area contributed by atoms with Gasteiger partial charge in [0.2, 0.25) is 0 Å². The van der Waals surface area contributed by atoms with Crippen LogP contribution < -0.4 is 5.32 Å². The molecule has 0 saturated heterocycles. The van der Waals surface area contributed by atoms with E-state index in [-0.39, 0.29) is 6.04 Å². The molecule has 0 amide bonds. The van der Waals surface area contributed by atoms with Crippen LogP contribution in [0.4, 0.5) is 0 Å². The molecule has 1 atom stereocenters. The maximum Gasteiger partial charge on any atom is 0.124 e. The van der Waals surface area contributed by atoms with Gasteiger partial charge >= 0.3 is 0 Å². The molecule has 1 saturated carbocycles. The lowest BCUT2D eigenvalue weighted by Gasteiger charge is -2.09. The van der Waals surface area contributed by atoms with Gasteiger partial charge in [0, 0.05) is 18.8 Å². The van der Waals surface area contributed by atoms with Crippen molar-refractivity contribution in [1.29, 1.82) is 5.26 Å². The average Bonchev–Trinajstić information content (AvgIpc) is 2.95. The molecule has 1 aliphatic rings. The van der Waals surface area contributed by atoms with E-state index in [0.717, 1.165) is 23.7 Å². The summed E-state index contributed by atoms with van der Waals surface area (Å²) in [6, 6.07) is 2.08. The molecule has 1 aromatic rings. The summed E-state index contributed by atoms with van der Waals surface area (Å²) in [5, 5.41) is 16.6. The molecule has 4 nitrogen and oxygen atoms in total. The number of aromatic nitrogens is 2. The van der Waals surface area contributed by atoms with Gasteiger partial charge in [0.1, 0.15) is 6.04 Å². The molecule has 1 unspecified atom stereocenters. The first-order valence-electron chi connectivity index (χ1n) is 5.34. The summed E-state index contributed by atoms with van der Waals surface area (Å²) in [5.41, 5.74) is 1.94. The van der Waals surface area contributed by atoms with Gasteiger partial charge < -0.3 is 0 Å². The fraction of sp³-hybridized carbons (Fsp3) is 0.636. The maximum atomic E-state index is 9.10. The fourth-order valence-electron chi connectivity index (χ4n) is 1.73. The van der Waals surface area contributed by atoms with Crippen molar-refractivity contribution >= 4 is 0 Å². The van der Waals surface area contributed by atoms with E-state index in [4.69, 9.17) is 5.26 Å². The molecule has 0 bridgehead atoms. The monoisotopic (exact) mass is 204 g/mol. The van der Waals surface area contributed by atoms with Crippen LogP contribution >= 0.6 is 0 Å². The first-order chi connectivity index (χ1) is 7.20. The van der Waals surface area contributed by atoms with Crippen LogP contribution in [0, 0.1) is 24.2 Å². The summed E-state index contributed by atoms with van der Waals surface area (Å²) >= 11 is 0. The first kappa shape index (κ1) is 10.2. The normalized spacial score (nSPS) is 17.4. The van der Waals surface area contributed by atoms with Gasteiger partial charge in [-0.05, 0) is 32.2 Å². The highest BCUT2D eigenvalue weighted by molar-refractivity contribution is 5.25. The van der Waals surface area contributed by atoms with Crippen LogP contribution in [0.5, 0.6) is 0 Å². The van der Waals surface area contributed by atoms with E-state index >= 15 is 0 Å². The highest BCUT2D eigenvalue weighted by Crippen LogP contribution is 2.28. The SMILES string of the molecule is Cc1nn(C)cc1C(C#N)NCC1CC1. The van der Waals surface area contributed by atoms with E-state index in [9.17, 15) is 0 Å². The van der Waals surface area contributed by atoms with E-state index in [1.165, 1.54) is 12.8 Å². The Balaban J connectivity index is 2.04. The number of nitrogens with zero attached hydrogens (tertiary/aromatic N) is 3. The second kappa shape index (κ2) is 4.03.